The van der Waals surface area contributed by atoms with Crippen molar-refractivity contribution in [3.63, 3.8) is 0 Å². The van der Waals surface area contributed by atoms with Crippen LogP contribution in [0.2, 0.25) is 0 Å². The van der Waals surface area contributed by atoms with Gasteiger partial charge in [-0.1, -0.05) is 0 Å². The Hall–Kier alpha value is 0.170. The van der Waals surface area contributed by atoms with Gasteiger partial charge in [-0.25, -0.2) is 10.9 Å². The van der Waals surface area contributed by atoms with Crippen LogP contribution in [0.3, 0.4) is 0 Å². The van der Waals surface area contributed by atoms with Gasteiger partial charge in [0.2, 0.25) is 0 Å². The molecule has 0 aromatic carbocycles. The summed E-state index contributed by atoms with van der Waals surface area (Å²) in [7, 11) is 0. The lowest BCUT2D eigenvalue weighted by molar-refractivity contribution is 0.0308. The van der Waals surface area contributed by atoms with Crippen LogP contribution in [0.25, 0.3) is 0 Å². The highest BCUT2D eigenvalue weighted by molar-refractivity contribution is 6.21. The lowest BCUT2D eigenvalue weighted by Gasteiger charge is -2.29. The van der Waals surface area contributed by atoms with E-state index in [1.165, 1.54) is 0 Å². The van der Waals surface area contributed by atoms with Crippen LogP contribution in [0.15, 0.2) is 0 Å². The molecule has 1 heterocycles. The predicted octanol–water partition coefficient (Wildman–Crippen LogP) is -1.02. The summed E-state index contributed by atoms with van der Waals surface area (Å²) in [5.41, 5.74) is 4.65. The molecule has 0 aliphatic carbocycles. The molecule has 3 N–H and O–H groups in total. The minimum atomic E-state index is -0.563. The lowest BCUT2D eigenvalue weighted by atomic mass is 10.5. The molecule has 1 rings (SSSR count). The van der Waals surface area contributed by atoms with Gasteiger partial charge in [-0.3, -0.25) is 0 Å². The van der Waals surface area contributed by atoms with Crippen molar-refractivity contribution >= 4 is 11.6 Å². The molecule has 0 aromatic rings. The van der Waals surface area contributed by atoms with E-state index >= 15 is 0 Å². The van der Waals surface area contributed by atoms with Crippen LogP contribution in [0.4, 0.5) is 0 Å². The monoisotopic (exact) mass is 108 g/mol. The second kappa shape index (κ2) is 1.35. The molecule has 1 unspecified atom stereocenters. The number of hydrogen-bond acceptors (Lipinski definition) is 3. The van der Waals surface area contributed by atoms with E-state index in [4.69, 9.17) is 16.7 Å². The Balaban J connectivity index is 2.20. The van der Waals surface area contributed by atoms with Gasteiger partial charge in [0.05, 0.1) is 0 Å². The van der Waals surface area contributed by atoms with Crippen LogP contribution < -0.4 is 10.9 Å². The van der Waals surface area contributed by atoms with Gasteiger partial charge in [0.15, 0.2) is 0 Å². The number of rotatable bonds is 0. The Morgan fingerprint density at radius 3 is 2.00 bits per heavy atom. The van der Waals surface area contributed by atoms with E-state index in [0.717, 1.165) is 0 Å². The van der Waals surface area contributed by atoms with Gasteiger partial charge in [-0.05, 0) is 0 Å². The first kappa shape index (κ1) is 4.33. The van der Waals surface area contributed by atoms with Crippen LogP contribution in [-0.4, -0.2) is 16.8 Å². The van der Waals surface area contributed by atoms with Crippen LogP contribution in [0.5, 0.6) is 0 Å². The summed E-state index contributed by atoms with van der Waals surface area (Å²) in [5, 5.41) is 8.41. The maximum atomic E-state index is 8.41. The minimum Gasteiger partial charge on any atom is -0.374 e. The van der Waals surface area contributed by atoms with Crippen molar-refractivity contribution in [2.45, 2.75) is 11.7 Å². The minimum absolute atomic E-state index is 0.301. The maximum absolute atomic E-state index is 8.41. The van der Waals surface area contributed by atoms with Gasteiger partial charge < -0.3 is 5.11 Å². The smallest absolute Gasteiger partial charge is 0.147 e. The second-order valence-electron chi connectivity index (χ2n) is 1.14. The summed E-state index contributed by atoms with van der Waals surface area (Å²) in [5.74, 6) is 0. The first-order chi connectivity index (χ1) is 2.80. The molecular weight excluding hydrogens is 103 g/mol. The average Bonchev–Trinajstić information content (AvgIpc) is 1.61. The average molecular weight is 109 g/mol. The third-order valence-electron chi connectivity index (χ3n) is 0.646. The van der Waals surface area contributed by atoms with Gasteiger partial charge in [0.25, 0.3) is 0 Å². The Morgan fingerprint density at radius 2 is 2.00 bits per heavy atom. The van der Waals surface area contributed by atoms with E-state index in [2.05, 4.69) is 10.9 Å². The lowest BCUT2D eigenvalue weighted by Crippen LogP contribution is -2.64. The Morgan fingerprint density at radius 1 is 1.50 bits per heavy atom. The molecule has 6 heavy (non-hydrogen) atoms. The molecule has 1 aliphatic rings. The number of hydrogen-bond donors (Lipinski definition) is 3. The number of halogens is 1. The standard InChI is InChI=1S/C2H5ClN2O/c3-1-2(6)5-4-1/h1-2,4-6H/t1?,2-/m0/s1. The Bertz CT molecular complexity index is 51.5. The topological polar surface area (TPSA) is 44.3 Å². The molecule has 1 fully saturated rings. The quantitative estimate of drug-likeness (QED) is 0.275. The zero-order valence-electron chi connectivity index (χ0n) is 2.98. The van der Waals surface area contributed by atoms with Crippen molar-refractivity contribution in [3.05, 3.63) is 0 Å². The summed E-state index contributed by atoms with van der Waals surface area (Å²) in [6.07, 6.45) is -0.563. The number of aliphatic hydroxyl groups excluding tert-OH is 1. The summed E-state index contributed by atoms with van der Waals surface area (Å²) < 4.78 is 0. The SMILES string of the molecule is O[C@@H]1NNC1Cl. The van der Waals surface area contributed by atoms with Gasteiger partial charge in [0, 0.05) is 0 Å². The molecule has 0 bridgehead atoms. The van der Waals surface area contributed by atoms with E-state index in [0.29, 0.717) is 0 Å². The van der Waals surface area contributed by atoms with E-state index in [-0.39, 0.29) is 5.50 Å². The predicted molar refractivity (Wildman–Crippen MR) is 21.9 cm³/mol. The molecule has 2 atom stereocenters. The third-order valence-corrected chi connectivity index (χ3v) is 0.994. The Kier molecular flexibility index (Phi) is 0.972. The molecule has 0 aromatic heterocycles. The largest absolute Gasteiger partial charge is 0.374 e. The van der Waals surface area contributed by atoms with Gasteiger partial charge >= 0.3 is 0 Å². The fourth-order valence-electron chi connectivity index (χ4n) is 0.221. The number of nitrogens with one attached hydrogen (secondary N) is 2. The highest BCUT2D eigenvalue weighted by atomic mass is 35.5. The van der Waals surface area contributed by atoms with Crippen LogP contribution in [0.1, 0.15) is 0 Å². The number of aliphatic hydroxyl groups is 1. The molecular formula is C2H5ClN2O. The molecule has 3 nitrogen and oxygen atoms in total. The summed E-state index contributed by atoms with van der Waals surface area (Å²) in [6, 6.07) is 0. The number of hydrazine groups is 1. The summed E-state index contributed by atoms with van der Waals surface area (Å²) >= 11 is 5.28. The first-order valence-electron chi connectivity index (χ1n) is 1.64. The molecule has 0 spiro atoms. The van der Waals surface area contributed by atoms with Crippen molar-refractivity contribution in [2.24, 2.45) is 0 Å². The third kappa shape index (κ3) is 0.498. The maximum Gasteiger partial charge on any atom is 0.147 e. The molecule has 0 saturated carbocycles. The van der Waals surface area contributed by atoms with E-state index < -0.39 is 6.23 Å². The number of alkyl halides is 1. The first-order valence-corrected chi connectivity index (χ1v) is 2.07. The van der Waals surface area contributed by atoms with Crippen molar-refractivity contribution < 1.29 is 5.11 Å². The second-order valence-corrected chi connectivity index (χ2v) is 1.61. The van der Waals surface area contributed by atoms with Gasteiger partial charge in [-0.2, -0.15) is 0 Å². The van der Waals surface area contributed by atoms with Crippen LogP contribution in [-0.2, 0) is 0 Å². The highest BCUT2D eigenvalue weighted by Gasteiger charge is 2.23. The summed E-state index contributed by atoms with van der Waals surface area (Å²) in [6.45, 7) is 0. The Labute approximate surface area is 40.3 Å². The van der Waals surface area contributed by atoms with Crippen molar-refractivity contribution in [1.29, 1.82) is 0 Å². The zero-order chi connectivity index (χ0) is 4.57. The van der Waals surface area contributed by atoms with E-state index in [9.17, 15) is 0 Å². The van der Waals surface area contributed by atoms with Gasteiger partial charge in [-0.15, -0.1) is 11.6 Å². The molecule has 4 heteroatoms. The van der Waals surface area contributed by atoms with Gasteiger partial charge in [0.1, 0.15) is 11.7 Å². The molecule has 1 saturated heterocycles. The fourth-order valence-corrected chi connectivity index (χ4v) is 0.347. The molecule has 0 amide bonds. The zero-order valence-corrected chi connectivity index (χ0v) is 3.74. The highest BCUT2D eigenvalue weighted by Crippen LogP contribution is 2.00. The van der Waals surface area contributed by atoms with Crippen molar-refractivity contribution in [1.82, 2.24) is 10.9 Å². The van der Waals surface area contributed by atoms with Crippen LogP contribution in [0, 0.1) is 0 Å². The van der Waals surface area contributed by atoms with Crippen molar-refractivity contribution in [2.75, 3.05) is 0 Å². The van der Waals surface area contributed by atoms with E-state index in [1.807, 2.05) is 0 Å². The summed E-state index contributed by atoms with van der Waals surface area (Å²) in [4.78, 5) is 0. The van der Waals surface area contributed by atoms with Crippen molar-refractivity contribution in [3.8, 4) is 0 Å². The molecule has 36 valence electrons. The fraction of sp³-hybridized carbons (Fsp3) is 1.00. The van der Waals surface area contributed by atoms with E-state index in [1.54, 1.807) is 0 Å². The normalized spacial score (nSPS) is 45.0. The molecule has 1 aliphatic heterocycles. The molecule has 0 radical (unpaired) electrons. The van der Waals surface area contributed by atoms with Crippen LogP contribution >= 0.6 is 11.6 Å².